The molecule has 0 aliphatic carbocycles. The summed E-state index contributed by atoms with van der Waals surface area (Å²) in [6.07, 6.45) is 1.87. The molecule has 0 aromatic carbocycles. The first kappa shape index (κ1) is 15.7. The molecule has 0 fully saturated rings. The SMILES string of the molecule is Cc1nc(Cl)c(C)c(N2Cc3cc(Br)cnc3C(C)(C)C2)n1. The van der Waals surface area contributed by atoms with Crippen LogP contribution in [0.15, 0.2) is 16.7 Å². The van der Waals surface area contributed by atoms with Crippen molar-refractivity contribution < 1.29 is 0 Å². The van der Waals surface area contributed by atoms with Crippen LogP contribution < -0.4 is 4.90 Å². The normalized spacial score (nSPS) is 16.5. The highest BCUT2D eigenvalue weighted by Crippen LogP contribution is 2.36. The summed E-state index contributed by atoms with van der Waals surface area (Å²) >= 11 is 9.75. The van der Waals surface area contributed by atoms with Crippen molar-refractivity contribution in [2.75, 3.05) is 11.4 Å². The molecule has 0 atom stereocenters. The molecule has 0 bridgehead atoms. The number of fused-ring (bicyclic) bond motifs is 1. The van der Waals surface area contributed by atoms with Crippen LogP contribution in [-0.2, 0) is 12.0 Å². The topological polar surface area (TPSA) is 41.9 Å². The second-order valence-electron chi connectivity index (χ2n) is 6.41. The largest absolute Gasteiger partial charge is 0.351 e. The van der Waals surface area contributed by atoms with Crippen molar-refractivity contribution in [2.45, 2.75) is 39.7 Å². The Hall–Kier alpha value is -1.20. The molecule has 3 rings (SSSR count). The molecule has 1 aliphatic rings. The van der Waals surface area contributed by atoms with Crippen molar-refractivity contribution in [1.82, 2.24) is 15.0 Å². The maximum atomic E-state index is 6.24. The number of aryl methyl sites for hydroxylation is 1. The van der Waals surface area contributed by atoms with E-state index in [2.05, 4.69) is 55.7 Å². The minimum absolute atomic E-state index is 0.0495. The standard InChI is InChI=1S/C16H18BrClN4/c1-9-14(18)20-10(2)21-15(9)22-7-11-5-12(17)6-19-13(11)16(3,4)8-22/h5-6H,7-8H2,1-4H3. The average molecular weight is 382 g/mol. The zero-order valence-corrected chi connectivity index (χ0v) is 15.5. The van der Waals surface area contributed by atoms with Crippen LogP contribution in [0, 0.1) is 13.8 Å². The number of pyridine rings is 1. The van der Waals surface area contributed by atoms with E-state index in [1.54, 1.807) is 0 Å². The van der Waals surface area contributed by atoms with Crippen LogP contribution in [-0.4, -0.2) is 21.5 Å². The van der Waals surface area contributed by atoms with E-state index in [4.69, 9.17) is 11.6 Å². The van der Waals surface area contributed by atoms with E-state index in [1.165, 1.54) is 5.56 Å². The molecule has 0 amide bonds. The van der Waals surface area contributed by atoms with Crippen molar-refractivity contribution >= 4 is 33.3 Å². The summed E-state index contributed by atoms with van der Waals surface area (Å²) in [5, 5.41) is 0.526. The number of halogens is 2. The van der Waals surface area contributed by atoms with Gasteiger partial charge >= 0.3 is 0 Å². The fourth-order valence-electron chi connectivity index (χ4n) is 3.06. The van der Waals surface area contributed by atoms with Crippen LogP contribution in [0.4, 0.5) is 5.82 Å². The van der Waals surface area contributed by atoms with Crippen molar-refractivity contribution in [3.8, 4) is 0 Å². The predicted molar refractivity (Wildman–Crippen MR) is 92.5 cm³/mol. The lowest BCUT2D eigenvalue weighted by Crippen LogP contribution is -2.43. The van der Waals surface area contributed by atoms with Gasteiger partial charge in [0.2, 0.25) is 0 Å². The summed E-state index contributed by atoms with van der Waals surface area (Å²) in [5.74, 6) is 1.61. The van der Waals surface area contributed by atoms with Crippen LogP contribution in [0.5, 0.6) is 0 Å². The second-order valence-corrected chi connectivity index (χ2v) is 7.69. The molecule has 1 aliphatic heterocycles. The van der Waals surface area contributed by atoms with Gasteiger partial charge in [-0.05, 0) is 41.4 Å². The Balaban J connectivity index is 2.09. The Morgan fingerprint density at radius 1 is 1.27 bits per heavy atom. The maximum Gasteiger partial charge on any atom is 0.137 e. The molecule has 0 saturated heterocycles. The van der Waals surface area contributed by atoms with Gasteiger partial charge in [-0.1, -0.05) is 25.4 Å². The smallest absolute Gasteiger partial charge is 0.137 e. The van der Waals surface area contributed by atoms with E-state index in [1.807, 2.05) is 20.0 Å². The van der Waals surface area contributed by atoms with Crippen LogP contribution >= 0.6 is 27.5 Å². The minimum Gasteiger partial charge on any atom is -0.351 e. The van der Waals surface area contributed by atoms with E-state index in [9.17, 15) is 0 Å². The van der Waals surface area contributed by atoms with E-state index in [-0.39, 0.29) is 5.41 Å². The predicted octanol–water partition coefficient (Wildman–Crippen LogP) is 4.20. The molecular formula is C16H18BrClN4. The Kier molecular flexibility index (Phi) is 3.89. The van der Waals surface area contributed by atoms with Crippen LogP contribution in [0.1, 0.15) is 36.5 Å². The maximum absolute atomic E-state index is 6.24. The molecule has 116 valence electrons. The molecule has 2 aromatic heterocycles. The zero-order valence-electron chi connectivity index (χ0n) is 13.1. The number of hydrogen-bond donors (Lipinski definition) is 0. The molecule has 0 saturated carbocycles. The van der Waals surface area contributed by atoms with E-state index in [0.717, 1.165) is 34.6 Å². The molecule has 4 nitrogen and oxygen atoms in total. The first-order valence-corrected chi connectivity index (χ1v) is 8.35. The molecule has 0 N–H and O–H groups in total. The third-order valence-electron chi connectivity index (χ3n) is 3.99. The van der Waals surface area contributed by atoms with Gasteiger partial charge in [0.15, 0.2) is 0 Å². The second kappa shape index (κ2) is 5.46. The molecule has 0 unspecified atom stereocenters. The minimum atomic E-state index is -0.0495. The zero-order chi connectivity index (χ0) is 16.1. The van der Waals surface area contributed by atoms with E-state index >= 15 is 0 Å². The van der Waals surface area contributed by atoms with E-state index < -0.39 is 0 Å². The van der Waals surface area contributed by atoms with Gasteiger partial charge in [-0.15, -0.1) is 0 Å². The number of hydrogen-bond acceptors (Lipinski definition) is 4. The first-order chi connectivity index (χ1) is 10.3. The van der Waals surface area contributed by atoms with Crippen molar-refractivity contribution in [3.63, 3.8) is 0 Å². The van der Waals surface area contributed by atoms with Gasteiger partial charge in [-0.3, -0.25) is 4.98 Å². The van der Waals surface area contributed by atoms with Gasteiger partial charge in [0.05, 0.1) is 5.69 Å². The summed E-state index contributed by atoms with van der Waals surface area (Å²) in [4.78, 5) is 15.7. The number of nitrogens with zero attached hydrogens (tertiary/aromatic N) is 4. The monoisotopic (exact) mass is 380 g/mol. The highest BCUT2D eigenvalue weighted by molar-refractivity contribution is 9.10. The van der Waals surface area contributed by atoms with Gasteiger partial charge in [0.1, 0.15) is 16.8 Å². The lowest BCUT2D eigenvalue weighted by molar-refractivity contribution is 0.458. The van der Waals surface area contributed by atoms with Gasteiger partial charge < -0.3 is 4.90 Å². The molecule has 6 heteroatoms. The Bertz CT molecular complexity index is 745. The first-order valence-electron chi connectivity index (χ1n) is 7.18. The molecule has 22 heavy (non-hydrogen) atoms. The van der Waals surface area contributed by atoms with Gasteiger partial charge in [0, 0.05) is 34.7 Å². The van der Waals surface area contributed by atoms with Crippen LogP contribution in [0.2, 0.25) is 5.15 Å². The Morgan fingerprint density at radius 2 is 2.00 bits per heavy atom. The quantitative estimate of drug-likeness (QED) is 0.694. The highest BCUT2D eigenvalue weighted by atomic mass is 79.9. The number of rotatable bonds is 1. The third kappa shape index (κ3) is 2.72. The Morgan fingerprint density at radius 3 is 2.73 bits per heavy atom. The summed E-state index contributed by atoms with van der Waals surface area (Å²) in [7, 11) is 0. The molecule has 0 spiro atoms. The van der Waals surface area contributed by atoms with E-state index in [0.29, 0.717) is 11.0 Å². The van der Waals surface area contributed by atoms with Crippen LogP contribution in [0.25, 0.3) is 0 Å². The van der Waals surface area contributed by atoms with Gasteiger partial charge in [-0.2, -0.15) is 0 Å². The lowest BCUT2D eigenvalue weighted by Gasteiger charge is -2.40. The molecule has 0 radical (unpaired) electrons. The number of aromatic nitrogens is 3. The summed E-state index contributed by atoms with van der Waals surface area (Å²) < 4.78 is 0.998. The molecular weight excluding hydrogens is 364 g/mol. The summed E-state index contributed by atoms with van der Waals surface area (Å²) in [5.41, 5.74) is 3.25. The van der Waals surface area contributed by atoms with Crippen molar-refractivity contribution in [1.29, 1.82) is 0 Å². The third-order valence-corrected chi connectivity index (χ3v) is 4.80. The van der Waals surface area contributed by atoms with Gasteiger partial charge in [-0.25, -0.2) is 9.97 Å². The molecule has 2 aromatic rings. The summed E-state index contributed by atoms with van der Waals surface area (Å²) in [6, 6.07) is 2.14. The number of anilines is 1. The molecule has 3 heterocycles. The van der Waals surface area contributed by atoms with Crippen molar-refractivity contribution in [3.05, 3.63) is 44.5 Å². The van der Waals surface area contributed by atoms with Crippen LogP contribution in [0.3, 0.4) is 0 Å². The average Bonchev–Trinajstić information content (AvgIpc) is 2.41. The van der Waals surface area contributed by atoms with Gasteiger partial charge in [0.25, 0.3) is 0 Å². The highest BCUT2D eigenvalue weighted by Gasteiger charge is 2.34. The fraction of sp³-hybridized carbons (Fsp3) is 0.438. The summed E-state index contributed by atoms with van der Waals surface area (Å²) in [6.45, 7) is 9.89. The van der Waals surface area contributed by atoms with Crippen molar-refractivity contribution in [2.24, 2.45) is 0 Å². The fourth-order valence-corrected chi connectivity index (χ4v) is 3.65. The lowest BCUT2D eigenvalue weighted by atomic mass is 9.82. The Labute approximate surface area is 144 Å².